The number of carbonyl (C=O) groups excluding carboxylic acids is 2. The minimum atomic E-state index is -0.0402. The van der Waals surface area contributed by atoms with Crippen LogP contribution in [0.1, 0.15) is 24.8 Å². The van der Waals surface area contributed by atoms with Crippen LogP contribution in [-0.2, 0) is 16.1 Å². The number of nitrogens with zero attached hydrogens (tertiary/aromatic N) is 1. The molecule has 5 heteroatoms. The van der Waals surface area contributed by atoms with Crippen molar-refractivity contribution in [3.63, 3.8) is 0 Å². The normalized spacial score (nSPS) is 13.5. The van der Waals surface area contributed by atoms with Crippen LogP contribution in [-0.4, -0.2) is 16.4 Å². The van der Waals surface area contributed by atoms with E-state index in [2.05, 4.69) is 33.4 Å². The molecular formula is C22H23N3O2. The first-order valence-electron chi connectivity index (χ1n) is 9.35. The maximum absolute atomic E-state index is 12.4. The average molecular weight is 361 g/mol. The largest absolute Gasteiger partial charge is 0.347 e. The Hall–Kier alpha value is -3.08. The summed E-state index contributed by atoms with van der Waals surface area (Å²) in [6.07, 6.45) is 4.33. The van der Waals surface area contributed by atoms with Gasteiger partial charge in [0.25, 0.3) is 0 Å². The summed E-state index contributed by atoms with van der Waals surface area (Å²) >= 11 is 0. The van der Waals surface area contributed by atoms with E-state index in [9.17, 15) is 9.59 Å². The number of anilines is 2. The summed E-state index contributed by atoms with van der Waals surface area (Å²) in [5, 5.41) is 7.07. The van der Waals surface area contributed by atoms with Crippen molar-refractivity contribution in [2.24, 2.45) is 5.92 Å². The van der Waals surface area contributed by atoms with Crippen molar-refractivity contribution in [2.75, 3.05) is 10.6 Å². The van der Waals surface area contributed by atoms with Crippen LogP contribution < -0.4 is 10.6 Å². The Morgan fingerprint density at radius 3 is 2.70 bits per heavy atom. The molecule has 0 spiro atoms. The van der Waals surface area contributed by atoms with Gasteiger partial charge in [-0.15, -0.1) is 0 Å². The summed E-state index contributed by atoms with van der Waals surface area (Å²) < 4.78 is 2.09. The maximum atomic E-state index is 12.4. The first-order valence-corrected chi connectivity index (χ1v) is 9.35. The number of benzene rings is 2. The monoisotopic (exact) mass is 361 g/mol. The van der Waals surface area contributed by atoms with Crippen molar-refractivity contribution in [3.8, 4) is 0 Å². The van der Waals surface area contributed by atoms with Crippen molar-refractivity contribution in [1.82, 2.24) is 4.57 Å². The van der Waals surface area contributed by atoms with E-state index in [4.69, 9.17) is 0 Å². The number of para-hydroxylation sites is 1. The summed E-state index contributed by atoms with van der Waals surface area (Å²) in [6.45, 7) is 2.57. The van der Waals surface area contributed by atoms with Crippen molar-refractivity contribution in [3.05, 3.63) is 60.3 Å². The van der Waals surface area contributed by atoms with E-state index in [0.717, 1.165) is 35.3 Å². The minimum Gasteiger partial charge on any atom is -0.347 e. The molecule has 4 rings (SSSR count). The highest BCUT2D eigenvalue weighted by Crippen LogP contribution is 2.30. The van der Waals surface area contributed by atoms with Gasteiger partial charge in [0.2, 0.25) is 11.8 Å². The third-order valence-corrected chi connectivity index (χ3v) is 4.99. The van der Waals surface area contributed by atoms with Crippen LogP contribution in [0.3, 0.4) is 0 Å². The Labute approximate surface area is 158 Å². The molecular weight excluding hydrogens is 338 g/mol. The van der Waals surface area contributed by atoms with E-state index in [1.807, 2.05) is 43.5 Å². The van der Waals surface area contributed by atoms with Gasteiger partial charge in [-0.2, -0.15) is 0 Å². The summed E-state index contributed by atoms with van der Waals surface area (Å²) in [7, 11) is 0. The van der Waals surface area contributed by atoms with Gasteiger partial charge in [-0.05, 0) is 55.0 Å². The topological polar surface area (TPSA) is 63.1 Å². The van der Waals surface area contributed by atoms with Gasteiger partial charge in [0.05, 0.1) is 0 Å². The summed E-state index contributed by atoms with van der Waals surface area (Å²) in [5.41, 5.74) is 3.57. The lowest BCUT2D eigenvalue weighted by Crippen LogP contribution is -2.16. The fraction of sp³-hybridized carbons (Fsp3) is 0.273. The predicted octanol–water partition coefficient (Wildman–Crippen LogP) is 4.33. The number of nitrogens with one attached hydrogen (secondary N) is 2. The smallest absolute Gasteiger partial charge is 0.227 e. The van der Waals surface area contributed by atoms with Crippen molar-refractivity contribution >= 4 is 34.1 Å². The molecule has 1 aliphatic rings. The Kier molecular flexibility index (Phi) is 4.67. The summed E-state index contributed by atoms with van der Waals surface area (Å²) in [6, 6.07) is 15.8. The lowest BCUT2D eigenvalue weighted by molar-refractivity contribution is -0.117. The van der Waals surface area contributed by atoms with Crippen LogP contribution in [0.2, 0.25) is 0 Å². The van der Waals surface area contributed by atoms with Crippen LogP contribution >= 0.6 is 0 Å². The van der Waals surface area contributed by atoms with Crippen LogP contribution in [0.25, 0.3) is 10.9 Å². The van der Waals surface area contributed by atoms with Gasteiger partial charge in [-0.25, -0.2) is 0 Å². The molecule has 2 amide bonds. The second-order valence-electron chi connectivity index (χ2n) is 7.16. The molecule has 1 aliphatic carbocycles. The average Bonchev–Trinajstić information content (AvgIpc) is 3.44. The van der Waals surface area contributed by atoms with Gasteiger partial charge in [0.1, 0.15) is 0 Å². The van der Waals surface area contributed by atoms with Crippen LogP contribution in [0.4, 0.5) is 11.4 Å². The van der Waals surface area contributed by atoms with Crippen LogP contribution in [0, 0.1) is 12.8 Å². The quantitative estimate of drug-likeness (QED) is 0.686. The van der Waals surface area contributed by atoms with Gasteiger partial charge in [-0.3, -0.25) is 9.59 Å². The lowest BCUT2D eigenvalue weighted by atomic mass is 10.1. The number of carbonyl (C=O) groups is 2. The molecule has 138 valence electrons. The van der Waals surface area contributed by atoms with Gasteiger partial charge in [0.15, 0.2) is 0 Å². The summed E-state index contributed by atoms with van der Waals surface area (Å²) in [5.74, 6) is 0.179. The van der Waals surface area contributed by atoms with Crippen molar-refractivity contribution in [1.29, 1.82) is 0 Å². The predicted molar refractivity (Wildman–Crippen MR) is 108 cm³/mol. The number of hydrogen-bond acceptors (Lipinski definition) is 2. The standard InChI is InChI=1S/C22H23N3O2/c1-15-6-9-18(23-22(27)17-7-8-17)14-19(15)24-21(26)11-13-25-12-10-16-4-2-3-5-20(16)25/h2-6,9-10,12,14,17H,7-8,11,13H2,1H3,(H,23,27)(H,24,26). The number of fused-ring (bicyclic) bond motifs is 1. The Balaban J connectivity index is 1.39. The molecule has 0 bridgehead atoms. The highest BCUT2D eigenvalue weighted by Gasteiger charge is 2.29. The zero-order chi connectivity index (χ0) is 18.8. The first-order chi connectivity index (χ1) is 13.1. The third-order valence-electron chi connectivity index (χ3n) is 4.99. The van der Waals surface area contributed by atoms with Crippen molar-refractivity contribution < 1.29 is 9.59 Å². The highest BCUT2D eigenvalue weighted by molar-refractivity contribution is 5.96. The number of hydrogen-bond donors (Lipinski definition) is 2. The fourth-order valence-corrected chi connectivity index (χ4v) is 3.19. The summed E-state index contributed by atoms with van der Waals surface area (Å²) in [4.78, 5) is 24.4. The lowest BCUT2D eigenvalue weighted by Gasteiger charge is -2.12. The molecule has 2 aromatic carbocycles. The number of aromatic nitrogens is 1. The second kappa shape index (κ2) is 7.27. The van der Waals surface area contributed by atoms with E-state index < -0.39 is 0 Å². The zero-order valence-corrected chi connectivity index (χ0v) is 15.4. The maximum Gasteiger partial charge on any atom is 0.227 e. The molecule has 0 aliphatic heterocycles. The molecule has 1 fully saturated rings. The molecule has 2 N–H and O–H groups in total. The molecule has 3 aromatic rings. The van der Waals surface area contributed by atoms with Gasteiger partial charge >= 0.3 is 0 Å². The molecule has 0 unspecified atom stereocenters. The van der Waals surface area contributed by atoms with Gasteiger partial charge in [-0.1, -0.05) is 24.3 Å². The van der Waals surface area contributed by atoms with E-state index in [-0.39, 0.29) is 17.7 Å². The zero-order valence-electron chi connectivity index (χ0n) is 15.4. The molecule has 0 saturated heterocycles. The second-order valence-corrected chi connectivity index (χ2v) is 7.16. The Morgan fingerprint density at radius 1 is 1.07 bits per heavy atom. The SMILES string of the molecule is Cc1ccc(NC(=O)C2CC2)cc1NC(=O)CCn1ccc2ccccc21. The molecule has 1 heterocycles. The Bertz CT molecular complexity index is 1000. The third kappa shape index (κ3) is 4.03. The Morgan fingerprint density at radius 2 is 1.89 bits per heavy atom. The molecule has 27 heavy (non-hydrogen) atoms. The number of rotatable bonds is 6. The molecule has 0 radical (unpaired) electrons. The molecule has 0 atom stereocenters. The van der Waals surface area contributed by atoms with E-state index >= 15 is 0 Å². The van der Waals surface area contributed by atoms with E-state index in [0.29, 0.717) is 13.0 Å². The number of aryl methyl sites for hydroxylation is 2. The molecule has 1 aromatic heterocycles. The van der Waals surface area contributed by atoms with Crippen LogP contribution in [0.15, 0.2) is 54.7 Å². The van der Waals surface area contributed by atoms with Crippen LogP contribution in [0.5, 0.6) is 0 Å². The minimum absolute atomic E-state index is 0.0402. The van der Waals surface area contributed by atoms with Gasteiger partial charge < -0.3 is 15.2 Å². The van der Waals surface area contributed by atoms with Gasteiger partial charge in [0, 0.05) is 42.0 Å². The fourth-order valence-electron chi connectivity index (χ4n) is 3.19. The van der Waals surface area contributed by atoms with Crippen molar-refractivity contribution in [2.45, 2.75) is 32.7 Å². The first kappa shape index (κ1) is 17.3. The molecule has 1 saturated carbocycles. The van der Waals surface area contributed by atoms with E-state index in [1.54, 1.807) is 0 Å². The molecule has 5 nitrogen and oxygen atoms in total. The highest BCUT2D eigenvalue weighted by atomic mass is 16.2. The number of amides is 2. The van der Waals surface area contributed by atoms with E-state index in [1.165, 1.54) is 5.39 Å².